The number of benzene rings is 1. The molecule has 3 heterocycles. The maximum atomic E-state index is 4.55. The fraction of sp³-hybridized carbons (Fsp3) is 0.429. The van der Waals surface area contributed by atoms with Crippen molar-refractivity contribution in [1.29, 1.82) is 0 Å². The molecule has 27 heavy (non-hydrogen) atoms. The Morgan fingerprint density at radius 3 is 2.70 bits per heavy atom. The van der Waals surface area contributed by atoms with Crippen LogP contribution in [0.2, 0.25) is 0 Å². The smallest absolute Gasteiger partial charge is 0.142 e. The van der Waals surface area contributed by atoms with E-state index in [0.717, 1.165) is 35.8 Å². The summed E-state index contributed by atoms with van der Waals surface area (Å²) in [4.78, 5) is 15.9. The lowest BCUT2D eigenvalue weighted by Gasteiger charge is -2.33. The van der Waals surface area contributed by atoms with E-state index in [2.05, 4.69) is 51.4 Å². The van der Waals surface area contributed by atoms with Gasteiger partial charge in [-0.2, -0.15) is 0 Å². The normalized spacial score (nSPS) is 17.4. The summed E-state index contributed by atoms with van der Waals surface area (Å²) in [5.74, 6) is 0.951. The zero-order valence-corrected chi connectivity index (χ0v) is 16.6. The molecule has 2 aliphatic rings. The molecule has 0 radical (unpaired) electrons. The van der Waals surface area contributed by atoms with Crippen LogP contribution < -0.4 is 15.1 Å². The molecule has 3 aromatic rings. The molecule has 1 aliphatic carbocycles. The van der Waals surface area contributed by atoms with Crippen LogP contribution in [0.25, 0.3) is 10.2 Å². The third-order valence-corrected chi connectivity index (χ3v) is 7.17. The van der Waals surface area contributed by atoms with E-state index in [1.165, 1.54) is 54.0 Å². The van der Waals surface area contributed by atoms with Crippen LogP contribution in [0.15, 0.2) is 30.6 Å². The molecule has 0 spiro atoms. The van der Waals surface area contributed by atoms with Crippen molar-refractivity contribution in [2.24, 2.45) is 0 Å². The van der Waals surface area contributed by atoms with Gasteiger partial charge < -0.3 is 15.1 Å². The lowest BCUT2D eigenvalue weighted by molar-refractivity contribution is -0.898. The molecule has 0 atom stereocenters. The van der Waals surface area contributed by atoms with Crippen LogP contribution in [0.5, 0.6) is 0 Å². The van der Waals surface area contributed by atoms with Crippen molar-refractivity contribution in [3.63, 3.8) is 0 Å². The number of aromatic nitrogens is 2. The zero-order valence-electron chi connectivity index (χ0n) is 15.8. The van der Waals surface area contributed by atoms with E-state index < -0.39 is 0 Å². The first-order valence-corrected chi connectivity index (χ1v) is 10.8. The van der Waals surface area contributed by atoms with Crippen molar-refractivity contribution in [3.05, 3.63) is 41.0 Å². The summed E-state index contributed by atoms with van der Waals surface area (Å²) in [5.41, 5.74) is 3.88. The minimum Gasteiger partial charge on any atom is -0.360 e. The quantitative estimate of drug-likeness (QED) is 0.730. The zero-order chi connectivity index (χ0) is 18.2. The number of quaternary nitrogens is 1. The van der Waals surface area contributed by atoms with Gasteiger partial charge in [0, 0.05) is 16.3 Å². The van der Waals surface area contributed by atoms with Gasteiger partial charge in [0.1, 0.15) is 17.0 Å². The predicted octanol–water partition coefficient (Wildman–Crippen LogP) is 2.65. The van der Waals surface area contributed by atoms with E-state index >= 15 is 0 Å². The maximum Gasteiger partial charge on any atom is 0.142 e. The van der Waals surface area contributed by atoms with E-state index in [-0.39, 0.29) is 0 Å². The van der Waals surface area contributed by atoms with Crippen LogP contribution in [0.1, 0.15) is 23.8 Å². The Kier molecular flexibility index (Phi) is 4.45. The molecular formula is C21H26N5S+. The Morgan fingerprint density at radius 2 is 1.93 bits per heavy atom. The number of nitrogens with one attached hydrogen (secondary N) is 2. The van der Waals surface area contributed by atoms with Crippen molar-refractivity contribution in [3.8, 4) is 0 Å². The van der Waals surface area contributed by atoms with Gasteiger partial charge >= 0.3 is 0 Å². The highest BCUT2D eigenvalue weighted by molar-refractivity contribution is 7.19. The Bertz CT molecular complexity index is 941. The van der Waals surface area contributed by atoms with Crippen LogP contribution in [0.3, 0.4) is 0 Å². The van der Waals surface area contributed by atoms with Crippen molar-refractivity contribution in [1.82, 2.24) is 9.97 Å². The first-order valence-electron chi connectivity index (χ1n) is 10.0. The molecule has 1 aliphatic heterocycles. The van der Waals surface area contributed by atoms with Gasteiger partial charge in [-0.05, 0) is 56.0 Å². The largest absolute Gasteiger partial charge is 0.360 e. The van der Waals surface area contributed by atoms with Gasteiger partial charge in [0.15, 0.2) is 0 Å². The summed E-state index contributed by atoms with van der Waals surface area (Å²) in [5, 5.41) is 4.78. The lowest BCUT2D eigenvalue weighted by Crippen LogP contribution is -3.14. The molecule has 0 amide bonds. The third-order valence-electron chi connectivity index (χ3n) is 5.97. The number of hydrogen-bond acceptors (Lipinski definition) is 5. The number of nitrogens with zero attached hydrogens (tertiary/aromatic N) is 3. The molecule has 0 saturated carbocycles. The Labute approximate surface area is 164 Å². The second kappa shape index (κ2) is 7.09. The molecule has 6 heteroatoms. The number of likely N-dealkylation sites (N-methyl/N-ethyl adjacent to an activating group) is 1. The van der Waals surface area contributed by atoms with Gasteiger partial charge in [-0.15, -0.1) is 11.3 Å². The molecule has 5 rings (SSSR count). The van der Waals surface area contributed by atoms with Gasteiger partial charge in [-0.3, -0.25) is 0 Å². The number of fused-ring (bicyclic) bond motifs is 3. The molecule has 2 aromatic heterocycles. The van der Waals surface area contributed by atoms with Gasteiger partial charge in [0.25, 0.3) is 0 Å². The van der Waals surface area contributed by atoms with E-state index in [4.69, 9.17) is 0 Å². The number of aryl methyl sites for hydroxylation is 2. The van der Waals surface area contributed by atoms with Crippen molar-refractivity contribution in [2.45, 2.75) is 26.2 Å². The Morgan fingerprint density at radius 1 is 1.11 bits per heavy atom. The van der Waals surface area contributed by atoms with Crippen molar-refractivity contribution < 1.29 is 4.90 Å². The summed E-state index contributed by atoms with van der Waals surface area (Å²) in [6.45, 7) is 8.26. The molecule has 140 valence electrons. The highest BCUT2D eigenvalue weighted by Crippen LogP contribution is 2.39. The molecule has 0 bridgehead atoms. The average molecular weight is 381 g/mol. The average Bonchev–Trinajstić information content (AvgIpc) is 3.30. The van der Waals surface area contributed by atoms with Crippen LogP contribution in [0.4, 0.5) is 17.2 Å². The monoisotopic (exact) mass is 380 g/mol. The molecular weight excluding hydrogens is 354 g/mol. The molecule has 1 aromatic carbocycles. The second-order valence-electron chi connectivity index (χ2n) is 7.52. The van der Waals surface area contributed by atoms with E-state index in [0.29, 0.717) is 0 Å². The SMILES string of the molecule is CC[NH+]1CCN(c2ccc(Nc3ncnc4sc5c(c34)CCC5)cc2)CC1. The van der Waals surface area contributed by atoms with Crippen LogP contribution >= 0.6 is 11.3 Å². The molecule has 5 nitrogen and oxygen atoms in total. The van der Waals surface area contributed by atoms with E-state index in [1.54, 1.807) is 11.2 Å². The minimum atomic E-state index is 0.951. The molecule has 2 N–H and O–H groups in total. The lowest BCUT2D eigenvalue weighted by atomic mass is 10.2. The number of rotatable bonds is 4. The minimum absolute atomic E-state index is 0.951. The summed E-state index contributed by atoms with van der Waals surface area (Å²) in [6.07, 6.45) is 5.28. The van der Waals surface area contributed by atoms with Gasteiger partial charge in [0.05, 0.1) is 38.1 Å². The van der Waals surface area contributed by atoms with Crippen LogP contribution in [-0.4, -0.2) is 42.7 Å². The second-order valence-corrected chi connectivity index (χ2v) is 8.61. The topological polar surface area (TPSA) is 45.5 Å². The third kappa shape index (κ3) is 3.17. The molecule has 1 fully saturated rings. The van der Waals surface area contributed by atoms with Gasteiger partial charge in [0.2, 0.25) is 0 Å². The number of anilines is 3. The van der Waals surface area contributed by atoms with E-state index in [1.807, 2.05) is 11.3 Å². The summed E-state index contributed by atoms with van der Waals surface area (Å²) in [7, 11) is 0. The predicted molar refractivity (Wildman–Crippen MR) is 113 cm³/mol. The highest BCUT2D eigenvalue weighted by atomic mass is 32.1. The Balaban J connectivity index is 1.36. The molecule has 0 unspecified atom stereocenters. The Hall–Kier alpha value is -2.18. The summed E-state index contributed by atoms with van der Waals surface area (Å²) < 4.78 is 0. The fourth-order valence-corrected chi connectivity index (χ4v) is 5.58. The standard InChI is InChI=1S/C21H25N5S/c1-2-25-10-12-26(13-11-25)16-8-6-15(7-9-16)24-20-19-17-4-3-5-18(17)27-21(19)23-14-22-20/h6-9,14H,2-5,10-13H2,1H3,(H,22,23,24)/p+1. The number of hydrogen-bond donors (Lipinski definition) is 2. The highest BCUT2D eigenvalue weighted by Gasteiger charge is 2.21. The van der Waals surface area contributed by atoms with Crippen molar-refractivity contribution in [2.75, 3.05) is 42.9 Å². The number of thiophene rings is 1. The fourth-order valence-electron chi connectivity index (χ4n) is 4.35. The maximum absolute atomic E-state index is 4.55. The van der Waals surface area contributed by atoms with Gasteiger partial charge in [-0.1, -0.05) is 0 Å². The van der Waals surface area contributed by atoms with Crippen LogP contribution in [-0.2, 0) is 12.8 Å². The first kappa shape index (κ1) is 17.0. The van der Waals surface area contributed by atoms with Crippen LogP contribution in [0, 0.1) is 0 Å². The first-order chi connectivity index (χ1) is 13.3. The number of piperazine rings is 1. The summed E-state index contributed by atoms with van der Waals surface area (Å²) >= 11 is 1.83. The van der Waals surface area contributed by atoms with Crippen molar-refractivity contribution >= 4 is 38.7 Å². The van der Waals surface area contributed by atoms with Gasteiger partial charge in [-0.25, -0.2) is 9.97 Å². The molecule has 1 saturated heterocycles. The van der Waals surface area contributed by atoms with E-state index in [9.17, 15) is 0 Å². The summed E-state index contributed by atoms with van der Waals surface area (Å²) in [6, 6.07) is 8.81.